The summed E-state index contributed by atoms with van der Waals surface area (Å²) in [4.78, 5) is 24.5. The largest absolute Gasteiger partial charge is 0.436 e. The van der Waals surface area contributed by atoms with Crippen molar-refractivity contribution in [3.05, 3.63) is 151 Å². The molecule has 0 amide bonds. The summed E-state index contributed by atoms with van der Waals surface area (Å²) in [6.07, 6.45) is 0. The van der Waals surface area contributed by atoms with Crippen LogP contribution in [-0.4, -0.2) is 24.9 Å². The highest BCUT2D eigenvalue weighted by molar-refractivity contribution is 5.86. The van der Waals surface area contributed by atoms with E-state index in [4.69, 9.17) is 29.3 Å². The van der Waals surface area contributed by atoms with Crippen molar-refractivity contribution in [2.24, 2.45) is 0 Å². The van der Waals surface area contributed by atoms with E-state index in [0.717, 1.165) is 67.0 Å². The number of rotatable bonds is 6. The van der Waals surface area contributed by atoms with Gasteiger partial charge in [-0.05, 0) is 79.1 Å². The molecule has 0 radical (unpaired) electrons. The number of oxazole rings is 1. The quantitative estimate of drug-likeness (QED) is 0.187. The first-order valence-electron chi connectivity index (χ1n) is 15.5. The summed E-state index contributed by atoms with van der Waals surface area (Å²) in [6.45, 7) is 4.06. The summed E-state index contributed by atoms with van der Waals surface area (Å²) in [5, 5.41) is 0. The van der Waals surface area contributed by atoms with E-state index < -0.39 is 0 Å². The van der Waals surface area contributed by atoms with Crippen molar-refractivity contribution in [3.8, 4) is 67.9 Å². The van der Waals surface area contributed by atoms with Gasteiger partial charge in [-0.1, -0.05) is 91.0 Å². The molecule has 0 saturated carbocycles. The lowest BCUT2D eigenvalue weighted by Crippen LogP contribution is -2.00. The van der Waals surface area contributed by atoms with Gasteiger partial charge in [0, 0.05) is 39.2 Å². The van der Waals surface area contributed by atoms with Crippen molar-refractivity contribution in [3.63, 3.8) is 0 Å². The van der Waals surface area contributed by atoms with Crippen molar-refractivity contribution >= 4 is 11.1 Å². The standard InChI is InChI=1S/C41H29N5O/c1-26-18-20-35(27(2)42-26)33-22-32(31-19-21-36-37(25-31)47-41(43-36)30-16-10-5-11-17-30)23-34(24-33)40-45-38(28-12-6-3-7-13-28)44-39(46-40)29-14-8-4-9-15-29/h3-25H,1-2H3. The first-order valence-corrected chi connectivity index (χ1v) is 15.5. The van der Waals surface area contributed by atoms with Gasteiger partial charge in [0.2, 0.25) is 5.89 Å². The van der Waals surface area contributed by atoms with Gasteiger partial charge in [0.1, 0.15) is 5.52 Å². The third-order valence-electron chi connectivity index (χ3n) is 8.17. The van der Waals surface area contributed by atoms with Crippen LogP contribution in [0.5, 0.6) is 0 Å². The van der Waals surface area contributed by atoms with E-state index in [1.54, 1.807) is 0 Å². The fourth-order valence-electron chi connectivity index (χ4n) is 5.82. The maximum absolute atomic E-state index is 6.25. The van der Waals surface area contributed by atoms with Gasteiger partial charge in [0.05, 0.1) is 0 Å². The van der Waals surface area contributed by atoms with Gasteiger partial charge >= 0.3 is 0 Å². The van der Waals surface area contributed by atoms with Crippen molar-refractivity contribution in [1.29, 1.82) is 0 Å². The number of aromatic nitrogens is 5. The summed E-state index contributed by atoms with van der Waals surface area (Å²) < 4.78 is 6.25. The molecule has 0 spiro atoms. The van der Waals surface area contributed by atoms with Crippen LogP contribution in [0.15, 0.2) is 144 Å². The van der Waals surface area contributed by atoms with Crippen LogP contribution in [-0.2, 0) is 0 Å². The Labute approximate surface area is 272 Å². The smallest absolute Gasteiger partial charge is 0.227 e. The van der Waals surface area contributed by atoms with E-state index in [9.17, 15) is 0 Å². The number of hydrogen-bond donors (Lipinski definition) is 0. The molecule has 8 aromatic rings. The molecular formula is C41H29N5O. The Morgan fingerprint density at radius 1 is 0.404 bits per heavy atom. The SMILES string of the molecule is Cc1ccc(-c2cc(-c3ccc4nc(-c5ccccc5)oc4c3)cc(-c3nc(-c4ccccc4)nc(-c4ccccc4)n3)c2)c(C)n1. The average molecular weight is 608 g/mol. The zero-order chi connectivity index (χ0) is 31.7. The number of fused-ring (bicyclic) bond motifs is 1. The van der Waals surface area contributed by atoms with Crippen LogP contribution in [0.1, 0.15) is 11.4 Å². The molecule has 0 N–H and O–H groups in total. The van der Waals surface area contributed by atoms with E-state index in [2.05, 4.69) is 36.4 Å². The number of nitrogens with zero attached hydrogens (tertiary/aromatic N) is 5. The molecule has 6 nitrogen and oxygen atoms in total. The second kappa shape index (κ2) is 11.9. The number of pyridine rings is 1. The third kappa shape index (κ3) is 5.69. The van der Waals surface area contributed by atoms with E-state index in [1.165, 1.54) is 0 Å². The van der Waals surface area contributed by atoms with E-state index in [0.29, 0.717) is 23.4 Å². The lowest BCUT2D eigenvalue weighted by atomic mass is 9.95. The molecule has 3 heterocycles. The molecule has 3 aromatic heterocycles. The summed E-state index contributed by atoms with van der Waals surface area (Å²) >= 11 is 0. The molecule has 0 fully saturated rings. The van der Waals surface area contributed by atoms with Gasteiger partial charge in [-0.25, -0.2) is 19.9 Å². The van der Waals surface area contributed by atoms with Gasteiger partial charge in [0.25, 0.3) is 0 Å². The first kappa shape index (κ1) is 28.2. The van der Waals surface area contributed by atoms with Crippen LogP contribution in [0.4, 0.5) is 0 Å². The van der Waals surface area contributed by atoms with Crippen molar-refractivity contribution in [2.75, 3.05) is 0 Å². The lowest BCUT2D eigenvalue weighted by Gasteiger charge is -2.13. The van der Waals surface area contributed by atoms with Crippen LogP contribution >= 0.6 is 0 Å². The molecule has 6 heteroatoms. The Hall–Kier alpha value is -6.27. The Kier molecular flexibility index (Phi) is 7.15. The summed E-state index contributed by atoms with van der Waals surface area (Å²) in [7, 11) is 0. The third-order valence-corrected chi connectivity index (χ3v) is 8.17. The molecule has 0 unspecified atom stereocenters. The fourth-order valence-corrected chi connectivity index (χ4v) is 5.82. The monoisotopic (exact) mass is 607 g/mol. The second-order valence-corrected chi connectivity index (χ2v) is 11.5. The van der Waals surface area contributed by atoms with Crippen LogP contribution in [0, 0.1) is 13.8 Å². The molecule has 0 saturated heterocycles. The predicted molar refractivity (Wildman–Crippen MR) is 187 cm³/mol. The topological polar surface area (TPSA) is 77.6 Å². The Morgan fingerprint density at radius 2 is 0.957 bits per heavy atom. The van der Waals surface area contributed by atoms with Crippen molar-refractivity contribution in [2.45, 2.75) is 13.8 Å². The zero-order valence-corrected chi connectivity index (χ0v) is 25.9. The molecule has 47 heavy (non-hydrogen) atoms. The number of benzene rings is 5. The molecule has 8 rings (SSSR count). The van der Waals surface area contributed by atoms with E-state index in [-0.39, 0.29) is 0 Å². The maximum Gasteiger partial charge on any atom is 0.227 e. The zero-order valence-electron chi connectivity index (χ0n) is 25.9. The first-order chi connectivity index (χ1) is 23.1. The minimum absolute atomic E-state index is 0.589. The highest BCUT2D eigenvalue weighted by Crippen LogP contribution is 2.36. The van der Waals surface area contributed by atoms with Crippen LogP contribution < -0.4 is 0 Å². The van der Waals surface area contributed by atoms with Crippen LogP contribution in [0.25, 0.3) is 79.0 Å². The van der Waals surface area contributed by atoms with Crippen molar-refractivity contribution in [1.82, 2.24) is 24.9 Å². The molecular weight excluding hydrogens is 578 g/mol. The normalized spacial score (nSPS) is 11.2. The summed E-state index contributed by atoms with van der Waals surface area (Å²) in [6, 6.07) is 46.8. The van der Waals surface area contributed by atoms with Crippen LogP contribution in [0.2, 0.25) is 0 Å². The van der Waals surface area contributed by atoms with E-state index in [1.807, 2.05) is 117 Å². The van der Waals surface area contributed by atoms with Gasteiger partial charge in [-0.15, -0.1) is 0 Å². The Balaban J connectivity index is 1.32. The molecule has 5 aromatic carbocycles. The van der Waals surface area contributed by atoms with Gasteiger partial charge in [-0.2, -0.15) is 0 Å². The molecule has 0 bridgehead atoms. The Bertz CT molecular complexity index is 2310. The van der Waals surface area contributed by atoms with Gasteiger partial charge in [0.15, 0.2) is 23.1 Å². The minimum atomic E-state index is 0.589. The predicted octanol–water partition coefficient (Wildman–Crippen LogP) is 10.0. The summed E-state index contributed by atoms with van der Waals surface area (Å²) in [5.74, 6) is 2.42. The maximum atomic E-state index is 6.25. The molecule has 0 aliphatic heterocycles. The number of aryl methyl sites for hydroxylation is 2. The summed E-state index contributed by atoms with van der Waals surface area (Å²) in [5.41, 5.74) is 11.2. The van der Waals surface area contributed by atoms with Gasteiger partial charge < -0.3 is 4.42 Å². The molecule has 0 atom stereocenters. The minimum Gasteiger partial charge on any atom is -0.436 e. The molecule has 224 valence electrons. The highest BCUT2D eigenvalue weighted by Gasteiger charge is 2.17. The second-order valence-electron chi connectivity index (χ2n) is 11.5. The molecule has 0 aliphatic carbocycles. The van der Waals surface area contributed by atoms with Gasteiger partial charge in [-0.3, -0.25) is 4.98 Å². The lowest BCUT2D eigenvalue weighted by molar-refractivity contribution is 0.620. The highest BCUT2D eigenvalue weighted by atomic mass is 16.3. The average Bonchev–Trinajstić information content (AvgIpc) is 3.56. The Morgan fingerprint density at radius 3 is 1.57 bits per heavy atom. The number of hydrogen-bond acceptors (Lipinski definition) is 6. The van der Waals surface area contributed by atoms with E-state index >= 15 is 0 Å². The molecule has 0 aliphatic rings. The van der Waals surface area contributed by atoms with Crippen LogP contribution in [0.3, 0.4) is 0 Å². The fraction of sp³-hybridized carbons (Fsp3) is 0.0488. The van der Waals surface area contributed by atoms with Crippen molar-refractivity contribution < 1.29 is 4.42 Å².